The number of carbonyl (C=O) groups excluding carboxylic acids is 2. The minimum Gasteiger partial charge on any atom is -0.452 e. The molecule has 0 spiro atoms. The Kier molecular flexibility index (Phi) is 5.34. The maximum atomic E-state index is 12.5. The molecule has 0 radical (unpaired) electrons. The van der Waals surface area contributed by atoms with Crippen molar-refractivity contribution in [2.75, 3.05) is 11.9 Å². The molecular weight excluding hydrogens is 354 g/mol. The summed E-state index contributed by atoms with van der Waals surface area (Å²) in [6, 6.07) is 12.3. The number of nitrogens with zero attached hydrogens (tertiary/aromatic N) is 2. The number of anilines is 1. The van der Waals surface area contributed by atoms with Gasteiger partial charge in [0.1, 0.15) is 5.82 Å². The summed E-state index contributed by atoms with van der Waals surface area (Å²) >= 11 is 5.74. The van der Waals surface area contributed by atoms with Crippen molar-refractivity contribution >= 4 is 29.3 Å². The number of benzene rings is 1. The van der Waals surface area contributed by atoms with Gasteiger partial charge in [0.25, 0.3) is 5.91 Å². The van der Waals surface area contributed by atoms with Crippen molar-refractivity contribution in [1.82, 2.24) is 9.55 Å². The molecule has 1 amide bonds. The highest BCUT2D eigenvalue weighted by atomic mass is 35.5. The molecule has 0 aliphatic heterocycles. The highest BCUT2D eigenvalue weighted by Crippen LogP contribution is 2.20. The molecular formula is C19H16ClN3O3. The minimum atomic E-state index is -0.573. The fraction of sp³-hybridized carbons (Fsp3) is 0.105. The second kappa shape index (κ2) is 7.84. The Hall–Kier alpha value is -3.12. The lowest BCUT2D eigenvalue weighted by Gasteiger charge is -2.13. The molecule has 0 unspecified atom stereocenters. The van der Waals surface area contributed by atoms with E-state index >= 15 is 0 Å². The Balaban J connectivity index is 1.68. The molecule has 0 saturated heterocycles. The fourth-order valence-electron chi connectivity index (χ4n) is 2.49. The number of rotatable bonds is 5. The summed E-state index contributed by atoms with van der Waals surface area (Å²) in [5.41, 5.74) is 2.03. The third kappa shape index (κ3) is 4.10. The quantitative estimate of drug-likeness (QED) is 0.697. The molecule has 0 fully saturated rings. The van der Waals surface area contributed by atoms with Crippen molar-refractivity contribution in [1.29, 1.82) is 0 Å². The molecule has 2 heterocycles. The van der Waals surface area contributed by atoms with Gasteiger partial charge in [0.2, 0.25) is 0 Å². The maximum absolute atomic E-state index is 12.5. The second-order valence-electron chi connectivity index (χ2n) is 5.55. The van der Waals surface area contributed by atoms with Crippen LogP contribution in [0.15, 0.2) is 61.1 Å². The molecule has 0 saturated carbocycles. The summed E-state index contributed by atoms with van der Waals surface area (Å²) in [6.45, 7) is 1.49. The van der Waals surface area contributed by atoms with Crippen LogP contribution in [0.3, 0.4) is 0 Å². The zero-order chi connectivity index (χ0) is 18.5. The van der Waals surface area contributed by atoms with E-state index in [4.69, 9.17) is 16.3 Å². The van der Waals surface area contributed by atoms with Gasteiger partial charge >= 0.3 is 5.97 Å². The number of pyridine rings is 1. The molecule has 3 rings (SSSR count). The molecule has 0 bridgehead atoms. The largest absolute Gasteiger partial charge is 0.452 e. The monoisotopic (exact) mass is 369 g/mol. The van der Waals surface area contributed by atoms with Crippen LogP contribution in [-0.4, -0.2) is 28.0 Å². The van der Waals surface area contributed by atoms with Crippen LogP contribution in [-0.2, 0) is 9.53 Å². The van der Waals surface area contributed by atoms with Crippen molar-refractivity contribution in [2.45, 2.75) is 6.92 Å². The van der Waals surface area contributed by atoms with Crippen molar-refractivity contribution in [3.05, 3.63) is 77.2 Å². The van der Waals surface area contributed by atoms with Crippen LogP contribution in [0.1, 0.15) is 15.9 Å². The molecule has 7 heteroatoms. The Morgan fingerprint density at radius 1 is 1.15 bits per heavy atom. The fourth-order valence-corrected chi connectivity index (χ4v) is 2.60. The SMILES string of the molecule is Cc1cccc(C(=O)OCC(=O)Nc2ccc(Cl)cn2)c1-n1cccc1. The van der Waals surface area contributed by atoms with E-state index in [0.29, 0.717) is 16.4 Å². The molecule has 26 heavy (non-hydrogen) atoms. The molecule has 3 aromatic rings. The first-order chi connectivity index (χ1) is 12.5. The lowest BCUT2D eigenvalue weighted by atomic mass is 10.1. The van der Waals surface area contributed by atoms with E-state index in [-0.39, 0.29) is 0 Å². The Bertz CT molecular complexity index is 922. The molecule has 1 N–H and O–H groups in total. The van der Waals surface area contributed by atoms with Gasteiger partial charge in [-0.15, -0.1) is 0 Å². The summed E-state index contributed by atoms with van der Waals surface area (Å²) in [7, 11) is 0. The Morgan fingerprint density at radius 2 is 1.92 bits per heavy atom. The lowest BCUT2D eigenvalue weighted by Crippen LogP contribution is -2.22. The van der Waals surface area contributed by atoms with Gasteiger partial charge in [-0.2, -0.15) is 0 Å². The molecule has 0 aliphatic carbocycles. The van der Waals surface area contributed by atoms with Gasteiger partial charge in [-0.25, -0.2) is 9.78 Å². The lowest BCUT2D eigenvalue weighted by molar-refractivity contribution is -0.119. The smallest absolute Gasteiger partial charge is 0.340 e. The van der Waals surface area contributed by atoms with Crippen LogP contribution >= 0.6 is 11.6 Å². The number of aromatic nitrogens is 2. The van der Waals surface area contributed by atoms with Gasteiger partial charge in [0.05, 0.1) is 16.3 Å². The van der Waals surface area contributed by atoms with E-state index in [9.17, 15) is 9.59 Å². The minimum absolute atomic E-state index is 0.332. The molecule has 132 valence electrons. The van der Waals surface area contributed by atoms with E-state index in [1.807, 2.05) is 42.1 Å². The average molecular weight is 370 g/mol. The van der Waals surface area contributed by atoms with Crippen molar-refractivity contribution < 1.29 is 14.3 Å². The first-order valence-electron chi connectivity index (χ1n) is 7.86. The number of carbonyl (C=O) groups is 2. The molecule has 0 aliphatic rings. The first-order valence-corrected chi connectivity index (χ1v) is 8.24. The summed E-state index contributed by atoms with van der Waals surface area (Å²) < 4.78 is 7.00. The summed E-state index contributed by atoms with van der Waals surface area (Å²) in [6.07, 6.45) is 5.11. The number of hydrogen-bond acceptors (Lipinski definition) is 4. The number of para-hydroxylation sites is 1. The maximum Gasteiger partial charge on any atom is 0.340 e. The summed E-state index contributed by atoms with van der Waals surface area (Å²) in [5.74, 6) is -0.723. The van der Waals surface area contributed by atoms with E-state index in [1.165, 1.54) is 6.20 Å². The number of aryl methyl sites for hydroxylation is 1. The van der Waals surface area contributed by atoms with E-state index in [2.05, 4.69) is 10.3 Å². The van der Waals surface area contributed by atoms with Gasteiger partial charge < -0.3 is 14.6 Å². The Labute approximate surface area is 155 Å². The van der Waals surface area contributed by atoms with Crippen LogP contribution in [0.4, 0.5) is 5.82 Å². The van der Waals surface area contributed by atoms with Crippen LogP contribution < -0.4 is 5.32 Å². The number of amides is 1. The molecule has 0 atom stereocenters. The van der Waals surface area contributed by atoms with E-state index in [0.717, 1.165) is 11.3 Å². The predicted octanol–water partition coefficient (Wildman–Crippen LogP) is 3.63. The van der Waals surface area contributed by atoms with E-state index < -0.39 is 18.5 Å². The van der Waals surface area contributed by atoms with Gasteiger partial charge in [0.15, 0.2) is 6.61 Å². The van der Waals surface area contributed by atoms with Gasteiger partial charge in [-0.05, 0) is 42.8 Å². The summed E-state index contributed by atoms with van der Waals surface area (Å²) in [4.78, 5) is 28.4. The predicted molar refractivity (Wildman–Crippen MR) is 98.7 cm³/mol. The molecule has 2 aromatic heterocycles. The number of halogens is 1. The van der Waals surface area contributed by atoms with Gasteiger partial charge in [-0.1, -0.05) is 23.7 Å². The molecule has 6 nitrogen and oxygen atoms in total. The van der Waals surface area contributed by atoms with Crippen LogP contribution in [0.25, 0.3) is 5.69 Å². The third-order valence-corrected chi connectivity index (χ3v) is 3.87. The standard InChI is InChI=1S/C19H16ClN3O3/c1-13-5-4-6-15(18(13)23-9-2-3-10-23)19(25)26-12-17(24)22-16-8-7-14(20)11-21-16/h2-11H,12H2,1H3,(H,21,22,24). The highest BCUT2D eigenvalue weighted by Gasteiger charge is 2.17. The topological polar surface area (TPSA) is 73.2 Å². The van der Waals surface area contributed by atoms with E-state index in [1.54, 1.807) is 24.3 Å². The average Bonchev–Trinajstić information content (AvgIpc) is 3.15. The second-order valence-corrected chi connectivity index (χ2v) is 5.98. The number of ether oxygens (including phenoxy) is 1. The van der Waals surface area contributed by atoms with Crippen LogP contribution in [0, 0.1) is 6.92 Å². The zero-order valence-corrected chi connectivity index (χ0v) is 14.7. The summed E-state index contributed by atoms with van der Waals surface area (Å²) in [5, 5.41) is 3.00. The van der Waals surface area contributed by atoms with Crippen LogP contribution in [0.2, 0.25) is 5.02 Å². The third-order valence-electron chi connectivity index (χ3n) is 3.65. The molecule has 1 aromatic carbocycles. The van der Waals surface area contributed by atoms with Crippen molar-refractivity contribution in [3.63, 3.8) is 0 Å². The van der Waals surface area contributed by atoms with Gasteiger partial charge in [0, 0.05) is 18.6 Å². The highest BCUT2D eigenvalue weighted by molar-refractivity contribution is 6.30. The first kappa shape index (κ1) is 17.7. The number of nitrogens with one attached hydrogen (secondary N) is 1. The number of esters is 1. The normalized spacial score (nSPS) is 10.4. The van der Waals surface area contributed by atoms with Crippen LogP contribution in [0.5, 0.6) is 0 Å². The zero-order valence-electron chi connectivity index (χ0n) is 14.0. The van der Waals surface area contributed by atoms with Crippen molar-refractivity contribution in [2.24, 2.45) is 0 Å². The van der Waals surface area contributed by atoms with Gasteiger partial charge in [-0.3, -0.25) is 4.79 Å². The Morgan fingerprint density at radius 3 is 2.62 bits per heavy atom. The number of hydrogen-bond donors (Lipinski definition) is 1. The van der Waals surface area contributed by atoms with Crippen molar-refractivity contribution in [3.8, 4) is 5.69 Å².